The van der Waals surface area contributed by atoms with Crippen molar-refractivity contribution in [2.45, 2.75) is 13.8 Å². The minimum Gasteiger partial charge on any atom is -0.378 e. The van der Waals surface area contributed by atoms with Crippen molar-refractivity contribution in [3.05, 3.63) is 78.4 Å². The average molecular weight is 415 g/mol. The molecule has 158 valence electrons. The van der Waals surface area contributed by atoms with Crippen LogP contribution in [0.25, 0.3) is 22.2 Å². The highest BCUT2D eigenvalue weighted by Crippen LogP contribution is 2.27. The van der Waals surface area contributed by atoms with Gasteiger partial charge < -0.3 is 14.6 Å². The van der Waals surface area contributed by atoms with Crippen LogP contribution in [0.5, 0.6) is 0 Å². The zero-order chi connectivity index (χ0) is 21.6. The highest BCUT2D eigenvalue weighted by Gasteiger charge is 2.17. The van der Waals surface area contributed by atoms with Crippen molar-refractivity contribution in [3.63, 3.8) is 0 Å². The fraction of sp³-hybridized carbons (Fsp3) is 0.240. The Morgan fingerprint density at radius 1 is 1.00 bits per heavy atom. The lowest BCUT2D eigenvalue weighted by molar-refractivity contribution is 0.103. The van der Waals surface area contributed by atoms with Crippen LogP contribution in [0.2, 0.25) is 0 Å². The molecule has 1 aliphatic heterocycles. The molecule has 0 amide bonds. The number of benzene rings is 1. The largest absolute Gasteiger partial charge is 0.378 e. The molecule has 1 aliphatic rings. The number of nitrogens with zero attached hydrogens (tertiary/aromatic N) is 3. The lowest BCUT2D eigenvalue weighted by Gasteiger charge is -2.28. The summed E-state index contributed by atoms with van der Waals surface area (Å²) < 4.78 is 5.43. The molecule has 4 heterocycles. The fourth-order valence-electron chi connectivity index (χ4n) is 3.67. The summed E-state index contributed by atoms with van der Waals surface area (Å²) in [7, 11) is 0. The number of anilines is 1. The smallest absolute Gasteiger partial charge is 0.213 e. The molecule has 0 aliphatic carbocycles. The molecule has 3 aromatic heterocycles. The topological polar surface area (TPSA) is 71.1 Å². The van der Waals surface area contributed by atoms with Gasteiger partial charge in [-0.3, -0.25) is 9.78 Å². The van der Waals surface area contributed by atoms with E-state index < -0.39 is 0 Å². The lowest BCUT2D eigenvalue weighted by atomic mass is 10.0. The highest BCUT2D eigenvalue weighted by atomic mass is 16.5. The Kier molecular flexibility index (Phi) is 6.38. The first kappa shape index (κ1) is 20.8. The number of ketones is 1. The summed E-state index contributed by atoms with van der Waals surface area (Å²) in [6.45, 7) is 7.36. The number of rotatable bonds is 4. The number of H-pyrrole nitrogens is 1. The Labute approximate surface area is 181 Å². The van der Waals surface area contributed by atoms with E-state index in [9.17, 15) is 4.79 Å². The number of fused-ring (bicyclic) bond motifs is 1. The zero-order valence-electron chi connectivity index (χ0n) is 17.8. The minimum atomic E-state index is -0.113. The van der Waals surface area contributed by atoms with Crippen LogP contribution in [0, 0.1) is 0 Å². The molecular formula is C25H26N4O2. The number of nitrogens with one attached hydrogen (secondary N) is 1. The Balaban J connectivity index is 0.00000112. The summed E-state index contributed by atoms with van der Waals surface area (Å²) in [5, 5.41) is 0.801. The van der Waals surface area contributed by atoms with E-state index in [4.69, 9.17) is 4.74 Å². The van der Waals surface area contributed by atoms with Gasteiger partial charge in [0.25, 0.3) is 0 Å². The monoisotopic (exact) mass is 414 g/mol. The first-order valence-corrected chi connectivity index (χ1v) is 10.7. The van der Waals surface area contributed by atoms with Gasteiger partial charge in [0, 0.05) is 48.3 Å². The van der Waals surface area contributed by atoms with Crippen molar-refractivity contribution >= 4 is 22.5 Å². The van der Waals surface area contributed by atoms with Gasteiger partial charge in [0.05, 0.1) is 18.8 Å². The Morgan fingerprint density at radius 3 is 2.48 bits per heavy atom. The normalized spacial score (nSPS) is 13.5. The van der Waals surface area contributed by atoms with Gasteiger partial charge in [0.15, 0.2) is 0 Å². The molecule has 1 saturated heterocycles. The molecule has 0 unspecified atom stereocenters. The third-order valence-electron chi connectivity index (χ3n) is 5.25. The molecule has 0 atom stereocenters. The summed E-state index contributed by atoms with van der Waals surface area (Å²) in [5.74, 6) is -0.113. The first-order valence-electron chi connectivity index (χ1n) is 10.7. The van der Waals surface area contributed by atoms with Crippen LogP contribution in [0.4, 0.5) is 5.69 Å². The number of carbonyl (C=O) groups excluding carboxylic acids is 1. The van der Waals surface area contributed by atoms with Crippen LogP contribution < -0.4 is 4.90 Å². The quantitative estimate of drug-likeness (QED) is 0.489. The number of carbonyl (C=O) groups is 1. The second-order valence-corrected chi connectivity index (χ2v) is 7.01. The van der Waals surface area contributed by atoms with Crippen LogP contribution >= 0.6 is 0 Å². The number of aromatic amines is 1. The number of ether oxygens (including phenoxy) is 1. The molecular weight excluding hydrogens is 388 g/mol. The van der Waals surface area contributed by atoms with E-state index in [1.54, 1.807) is 24.5 Å². The average Bonchev–Trinajstić information content (AvgIpc) is 3.29. The summed E-state index contributed by atoms with van der Waals surface area (Å²) in [6, 6.07) is 15.8. The standard InChI is InChI=1S/C23H20N4O2.C2H6/c28-22(21-3-1-2-8-24-21)20-15-26-23-19(20)13-17(14-25-23)16-4-6-18(7-5-16)27-9-11-29-12-10-27;1-2/h1-8,13-15H,9-12H2,(H,25,26);1-2H3. The van der Waals surface area contributed by atoms with E-state index in [-0.39, 0.29) is 5.78 Å². The number of pyridine rings is 2. The predicted octanol–water partition coefficient (Wildman–Crippen LogP) is 4.72. The third-order valence-corrected chi connectivity index (χ3v) is 5.25. The van der Waals surface area contributed by atoms with Gasteiger partial charge in [-0.2, -0.15) is 0 Å². The number of morpholine rings is 1. The first-order chi connectivity index (χ1) is 15.3. The lowest BCUT2D eigenvalue weighted by Crippen LogP contribution is -2.36. The summed E-state index contributed by atoms with van der Waals surface area (Å²) >= 11 is 0. The van der Waals surface area contributed by atoms with Gasteiger partial charge >= 0.3 is 0 Å². The maximum atomic E-state index is 12.9. The van der Waals surface area contributed by atoms with Gasteiger partial charge in [0.2, 0.25) is 5.78 Å². The molecule has 31 heavy (non-hydrogen) atoms. The molecule has 6 nitrogen and oxygen atoms in total. The van der Waals surface area contributed by atoms with E-state index in [1.807, 2.05) is 32.2 Å². The molecule has 6 heteroatoms. The highest BCUT2D eigenvalue weighted by molar-refractivity contribution is 6.15. The maximum absolute atomic E-state index is 12.9. The van der Waals surface area contributed by atoms with Crippen molar-refractivity contribution in [2.24, 2.45) is 0 Å². The summed E-state index contributed by atoms with van der Waals surface area (Å²) in [4.78, 5) is 27.0. The van der Waals surface area contributed by atoms with E-state index in [1.165, 1.54) is 5.69 Å². The van der Waals surface area contributed by atoms with Crippen LogP contribution in [0.3, 0.4) is 0 Å². The van der Waals surface area contributed by atoms with Crippen LogP contribution in [0.15, 0.2) is 67.1 Å². The van der Waals surface area contributed by atoms with E-state index in [0.717, 1.165) is 42.8 Å². The summed E-state index contributed by atoms with van der Waals surface area (Å²) in [6.07, 6.45) is 5.17. The molecule has 0 radical (unpaired) electrons. The fourth-order valence-corrected chi connectivity index (χ4v) is 3.67. The molecule has 1 fully saturated rings. The minimum absolute atomic E-state index is 0.113. The molecule has 1 aromatic carbocycles. The van der Waals surface area contributed by atoms with Gasteiger partial charge in [-0.25, -0.2) is 4.98 Å². The van der Waals surface area contributed by atoms with Crippen molar-refractivity contribution in [3.8, 4) is 11.1 Å². The maximum Gasteiger partial charge on any atom is 0.213 e. The van der Waals surface area contributed by atoms with E-state index in [2.05, 4.69) is 44.1 Å². The SMILES string of the molecule is CC.O=C(c1ccccn1)c1c[nH]c2ncc(-c3ccc(N4CCOCC4)cc3)cc12. The number of hydrogen-bond donors (Lipinski definition) is 1. The molecule has 4 aromatic rings. The molecule has 0 bridgehead atoms. The molecule has 1 N–H and O–H groups in total. The Hall–Kier alpha value is -3.51. The number of hydrogen-bond acceptors (Lipinski definition) is 5. The Bertz CT molecular complexity index is 1150. The van der Waals surface area contributed by atoms with Gasteiger partial charge in [-0.1, -0.05) is 32.0 Å². The van der Waals surface area contributed by atoms with Crippen molar-refractivity contribution in [2.75, 3.05) is 31.2 Å². The Morgan fingerprint density at radius 2 is 1.77 bits per heavy atom. The van der Waals surface area contributed by atoms with Gasteiger partial charge in [-0.05, 0) is 35.9 Å². The molecule has 5 rings (SSSR count). The van der Waals surface area contributed by atoms with E-state index in [0.29, 0.717) is 16.9 Å². The molecule has 0 spiro atoms. The zero-order valence-corrected chi connectivity index (χ0v) is 17.8. The van der Waals surface area contributed by atoms with Crippen molar-refractivity contribution in [1.82, 2.24) is 15.0 Å². The molecule has 0 saturated carbocycles. The third kappa shape index (κ3) is 4.34. The van der Waals surface area contributed by atoms with Crippen LogP contribution in [-0.4, -0.2) is 47.0 Å². The van der Waals surface area contributed by atoms with E-state index >= 15 is 0 Å². The van der Waals surface area contributed by atoms with Crippen LogP contribution in [-0.2, 0) is 4.74 Å². The van der Waals surface area contributed by atoms with Crippen LogP contribution in [0.1, 0.15) is 29.9 Å². The second kappa shape index (κ2) is 9.53. The summed E-state index contributed by atoms with van der Waals surface area (Å²) in [5.41, 5.74) is 4.93. The van der Waals surface area contributed by atoms with Crippen molar-refractivity contribution in [1.29, 1.82) is 0 Å². The number of aromatic nitrogens is 3. The van der Waals surface area contributed by atoms with Crippen molar-refractivity contribution < 1.29 is 9.53 Å². The second-order valence-electron chi connectivity index (χ2n) is 7.01. The van der Waals surface area contributed by atoms with Gasteiger partial charge in [0.1, 0.15) is 11.3 Å². The van der Waals surface area contributed by atoms with Gasteiger partial charge in [-0.15, -0.1) is 0 Å². The predicted molar refractivity (Wildman–Crippen MR) is 124 cm³/mol.